The highest BCUT2D eigenvalue weighted by Gasteiger charge is 2.40. The van der Waals surface area contributed by atoms with E-state index in [0.29, 0.717) is 11.4 Å². The SMILES string of the molecule is CC(C)n1ncc(C(=O)Nc2cccc(CS(=O)C3CCCCC3)c2)c1C(F)(F)F. The molecule has 1 aliphatic rings. The Morgan fingerprint density at radius 1 is 1.27 bits per heavy atom. The van der Waals surface area contributed by atoms with Crippen LogP contribution in [0, 0.1) is 0 Å². The Morgan fingerprint density at radius 2 is 1.97 bits per heavy atom. The van der Waals surface area contributed by atoms with Gasteiger partial charge in [-0.3, -0.25) is 13.7 Å². The molecule has 164 valence electrons. The van der Waals surface area contributed by atoms with Crippen LogP contribution in [0.1, 0.15) is 73.6 Å². The second-order valence-electron chi connectivity index (χ2n) is 7.88. The molecule has 1 fully saturated rings. The fourth-order valence-corrected chi connectivity index (χ4v) is 5.35. The first-order valence-corrected chi connectivity index (χ1v) is 11.5. The van der Waals surface area contributed by atoms with E-state index >= 15 is 0 Å². The smallest absolute Gasteiger partial charge is 0.322 e. The molecule has 30 heavy (non-hydrogen) atoms. The van der Waals surface area contributed by atoms with E-state index in [9.17, 15) is 22.2 Å². The summed E-state index contributed by atoms with van der Waals surface area (Å²) in [5.74, 6) is -0.507. The van der Waals surface area contributed by atoms with Crippen LogP contribution in [-0.4, -0.2) is 25.1 Å². The summed E-state index contributed by atoms with van der Waals surface area (Å²) in [6, 6.07) is 6.24. The lowest BCUT2D eigenvalue weighted by molar-refractivity contribution is -0.145. The van der Waals surface area contributed by atoms with Crippen molar-refractivity contribution in [1.29, 1.82) is 0 Å². The number of hydrogen-bond donors (Lipinski definition) is 1. The number of halogens is 3. The molecule has 0 spiro atoms. The zero-order valence-electron chi connectivity index (χ0n) is 17.0. The Labute approximate surface area is 176 Å². The first-order chi connectivity index (χ1) is 14.2. The van der Waals surface area contributed by atoms with E-state index in [1.807, 2.05) is 6.07 Å². The second-order valence-corrected chi connectivity index (χ2v) is 9.60. The largest absolute Gasteiger partial charge is 0.433 e. The van der Waals surface area contributed by atoms with Gasteiger partial charge in [0.25, 0.3) is 5.91 Å². The maximum atomic E-state index is 13.5. The van der Waals surface area contributed by atoms with Crippen molar-refractivity contribution in [2.75, 3.05) is 5.32 Å². The fourth-order valence-electron chi connectivity index (χ4n) is 3.75. The Hall–Kier alpha value is -2.16. The zero-order valence-corrected chi connectivity index (χ0v) is 17.9. The monoisotopic (exact) mass is 441 g/mol. The van der Waals surface area contributed by atoms with Crippen molar-refractivity contribution in [2.45, 2.75) is 69.2 Å². The van der Waals surface area contributed by atoms with Crippen LogP contribution in [0.4, 0.5) is 18.9 Å². The highest BCUT2D eigenvalue weighted by atomic mass is 32.2. The van der Waals surface area contributed by atoms with Crippen LogP contribution in [0.3, 0.4) is 0 Å². The number of carbonyl (C=O) groups is 1. The lowest BCUT2D eigenvalue weighted by Gasteiger charge is -2.21. The lowest BCUT2D eigenvalue weighted by atomic mass is 10.0. The van der Waals surface area contributed by atoms with Crippen molar-refractivity contribution >= 4 is 22.4 Å². The molecule has 1 saturated carbocycles. The van der Waals surface area contributed by atoms with Gasteiger partial charge in [-0.05, 0) is 44.4 Å². The van der Waals surface area contributed by atoms with Crippen molar-refractivity contribution in [2.24, 2.45) is 0 Å². The van der Waals surface area contributed by atoms with Crippen LogP contribution in [0.25, 0.3) is 0 Å². The molecule has 0 aliphatic heterocycles. The van der Waals surface area contributed by atoms with Gasteiger partial charge < -0.3 is 5.32 Å². The summed E-state index contributed by atoms with van der Waals surface area (Å²) in [5.41, 5.74) is -0.439. The van der Waals surface area contributed by atoms with Gasteiger partial charge in [-0.1, -0.05) is 31.4 Å². The summed E-state index contributed by atoms with van der Waals surface area (Å²) in [6.07, 6.45) is 1.54. The molecule has 2 aromatic rings. The van der Waals surface area contributed by atoms with Crippen molar-refractivity contribution < 1.29 is 22.2 Å². The van der Waals surface area contributed by atoms with E-state index in [0.717, 1.165) is 42.1 Å². The minimum Gasteiger partial charge on any atom is -0.322 e. The molecule has 1 amide bonds. The highest BCUT2D eigenvalue weighted by Crippen LogP contribution is 2.34. The summed E-state index contributed by atoms with van der Waals surface area (Å²) in [5, 5.41) is 6.46. The van der Waals surface area contributed by atoms with Gasteiger partial charge in [-0.15, -0.1) is 0 Å². The van der Waals surface area contributed by atoms with Crippen LogP contribution >= 0.6 is 0 Å². The molecule has 0 saturated heterocycles. The van der Waals surface area contributed by atoms with Gasteiger partial charge in [-0.25, -0.2) is 0 Å². The van der Waals surface area contributed by atoms with Crippen LogP contribution < -0.4 is 5.32 Å². The van der Waals surface area contributed by atoms with E-state index < -0.39 is 40.2 Å². The predicted octanol–water partition coefficient (Wildman–Crippen LogP) is 5.32. The Balaban J connectivity index is 1.75. The Bertz CT molecular complexity index is 918. The van der Waals surface area contributed by atoms with E-state index in [1.54, 1.807) is 32.0 Å². The number of amides is 1. The van der Waals surface area contributed by atoms with Gasteiger partial charge in [0.1, 0.15) is 0 Å². The number of nitrogens with one attached hydrogen (secondary N) is 1. The third kappa shape index (κ3) is 5.30. The van der Waals surface area contributed by atoms with Crippen LogP contribution in [0.5, 0.6) is 0 Å². The summed E-state index contributed by atoms with van der Waals surface area (Å²) in [4.78, 5) is 12.6. The molecule has 1 aliphatic carbocycles. The van der Waals surface area contributed by atoms with E-state index in [2.05, 4.69) is 10.4 Å². The van der Waals surface area contributed by atoms with Gasteiger partial charge in [-0.2, -0.15) is 18.3 Å². The first kappa shape index (κ1) is 22.5. The Kier molecular flexibility index (Phi) is 7.00. The van der Waals surface area contributed by atoms with E-state index in [4.69, 9.17) is 0 Å². The third-order valence-electron chi connectivity index (χ3n) is 5.22. The average molecular weight is 442 g/mol. The number of nitrogens with zero attached hydrogens (tertiary/aromatic N) is 2. The van der Waals surface area contributed by atoms with Crippen LogP contribution in [0.2, 0.25) is 0 Å². The topological polar surface area (TPSA) is 64.0 Å². The quantitative estimate of drug-likeness (QED) is 0.660. The number of alkyl halides is 3. The molecule has 1 atom stereocenters. The molecule has 3 rings (SSSR count). The van der Waals surface area contributed by atoms with Crippen molar-refractivity contribution in [3.05, 3.63) is 47.3 Å². The molecule has 9 heteroatoms. The molecular weight excluding hydrogens is 415 g/mol. The summed E-state index contributed by atoms with van der Waals surface area (Å²) in [7, 11) is -1.01. The Morgan fingerprint density at radius 3 is 2.60 bits per heavy atom. The standard InChI is InChI=1S/C21H26F3N3O2S/c1-14(2)27-19(21(22,23)24)18(12-25-27)20(28)26-16-8-6-7-15(11-16)13-30(29)17-9-4-3-5-10-17/h6-8,11-12,14,17H,3-5,9-10,13H2,1-2H3,(H,26,28). The average Bonchev–Trinajstić information content (AvgIpc) is 3.15. The van der Waals surface area contributed by atoms with Gasteiger partial charge in [0.15, 0.2) is 5.69 Å². The number of carbonyl (C=O) groups excluding carboxylic acids is 1. The molecule has 1 N–H and O–H groups in total. The van der Waals surface area contributed by atoms with E-state index in [1.165, 1.54) is 6.42 Å². The maximum Gasteiger partial charge on any atom is 0.433 e. The molecule has 1 unspecified atom stereocenters. The molecule has 1 heterocycles. The second kappa shape index (κ2) is 9.32. The molecule has 0 bridgehead atoms. The van der Waals surface area contributed by atoms with Crippen LogP contribution in [-0.2, 0) is 22.7 Å². The van der Waals surface area contributed by atoms with Gasteiger partial charge >= 0.3 is 6.18 Å². The van der Waals surface area contributed by atoms with Gasteiger partial charge in [0.2, 0.25) is 0 Å². The summed E-state index contributed by atoms with van der Waals surface area (Å²) in [6.45, 7) is 3.14. The molecule has 1 aromatic heterocycles. The van der Waals surface area contributed by atoms with Gasteiger partial charge in [0.05, 0.1) is 11.8 Å². The van der Waals surface area contributed by atoms with Gasteiger partial charge in [0, 0.05) is 33.5 Å². The zero-order chi connectivity index (χ0) is 21.9. The summed E-state index contributed by atoms with van der Waals surface area (Å²) >= 11 is 0. The fraction of sp³-hybridized carbons (Fsp3) is 0.524. The minimum atomic E-state index is -4.70. The lowest BCUT2D eigenvalue weighted by Crippen LogP contribution is -2.22. The van der Waals surface area contributed by atoms with Crippen molar-refractivity contribution in [3.63, 3.8) is 0 Å². The van der Waals surface area contributed by atoms with Crippen LogP contribution in [0.15, 0.2) is 30.5 Å². The number of anilines is 1. The number of rotatable bonds is 6. The third-order valence-corrected chi connectivity index (χ3v) is 7.05. The van der Waals surface area contributed by atoms with Crippen molar-refractivity contribution in [3.8, 4) is 0 Å². The molecule has 1 aromatic carbocycles. The summed E-state index contributed by atoms with van der Waals surface area (Å²) < 4.78 is 54.0. The number of benzene rings is 1. The first-order valence-electron chi connectivity index (χ1n) is 10.1. The van der Waals surface area contributed by atoms with E-state index in [-0.39, 0.29) is 5.25 Å². The minimum absolute atomic E-state index is 0.188. The molecule has 0 radical (unpaired) electrons. The predicted molar refractivity (Wildman–Crippen MR) is 111 cm³/mol. The van der Waals surface area contributed by atoms with Crippen molar-refractivity contribution in [1.82, 2.24) is 9.78 Å². The molecular formula is C21H26F3N3O2S. The molecule has 5 nitrogen and oxygen atoms in total. The highest BCUT2D eigenvalue weighted by molar-refractivity contribution is 7.84. The number of hydrogen-bond acceptors (Lipinski definition) is 3. The normalized spacial score (nSPS) is 16.6. The maximum absolute atomic E-state index is 13.5. The number of aromatic nitrogens is 2.